The van der Waals surface area contributed by atoms with Crippen molar-refractivity contribution >= 4 is 44.0 Å². The second-order valence-electron chi connectivity index (χ2n) is 8.70. The van der Waals surface area contributed by atoms with Crippen LogP contribution in [0.4, 0.5) is 10.6 Å². The molecule has 0 bridgehead atoms. The second-order valence-corrected chi connectivity index (χ2v) is 10.3. The molecule has 0 atom stereocenters. The number of hydrogen-bond donors (Lipinski definition) is 1. The molecule has 0 unspecified atom stereocenters. The van der Waals surface area contributed by atoms with Crippen LogP contribution in [0.2, 0.25) is 0 Å². The van der Waals surface area contributed by atoms with Gasteiger partial charge in [-0.3, -0.25) is 4.18 Å². The molecule has 0 spiro atoms. The van der Waals surface area contributed by atoms with Gasteiger partial charge >= 0.3 is 6.09 Å². The summed E-state index contributed by atoms with van der Waals surface area (Å²) in [6.07, 6.45) is 3.66. The van der Waals surface area contributed by atoms with Crippen LogP contribution in [0, 0.1) is 0 Å². The largest absolute Gasteiger partial charge is 0.443 e. The van der Waals surface area contributed by atoms with Crippen LogP contribution in [-0.4, -0.2) is 40.9 Å². The van der Waals surface area contributed by atoms with Crippen molar-refractivity contribution in [3.63, 3.8) is 0 Å². The number of nitrogens with two attached hydrogens (primary N) is 1. The predicted molar refractivity (Wildman–Crippen MR) is 126 cm³/mol. The molecule has 0 aliphatic carbocycles. The summed E-state index contributed by atoms with van der Waals surface area (Å²) < 4.78 is 34.2. The first-order chi connectivity index (χ1) is 15.4. The van der Waals surface area contributed by atoms with Crippen LogP contribution in [0.25, 0.3) is 33.1 Å². The van der Waals surface area contributed by atoms with E-state index in [9.17, 15) is 13.2 Å². The van der Waals surface area contributed by atoms with E-state index in [1.165, 1.54) is 10.8 Å². The molecule has 3 heterocycles. The maximum Gasteiger partial charge on any atom is 0.420 e. The number of ether oxygens (including phenoxy) is 1. The van der Waals surface area contributed by atoms with Crippen LogP contribution < -0.4 is 5.73 Å². The number of anilines is 1. The van der Waals surface area contributed by atoms with Crippen LogP contribution in [0.15, 0.2) is 48.8 Å². The molecule has 1 aromatic carbocycles. The highest BCUT2D eigenvalue weighted by molar-refractivity contribution is 7.85. The normalized spacial score (nSPS) is 12.4. The van der Waals surface area contributed by atoms with E-state index in [-0.39, 0.29) is 6.61 Å². The highest BCUT2D eigenvalue weighted by Gasteiger charge is 2.23. The third-order valence-electron chi connectivity index (χ3n) is 4.82. The minimum Gasteiger partial charge on any atom is -0.443 e. The molecule has 0 aliphatic rings. The zero-order valence-corrected chi connectivity index (χ0v) is 19.5. The summed E-state index contributed by atoms with van der Waals surface area (Å²) in [5.74, 6) is 0.325. The van der Waals surface area contributed by atoms with E-state index in [2.05, 4.69) is 9.97 Å². The highest BCUT2D eigenvalue weighted by atomic mass is 32.2. The first-order valence-corrected chi connectivity index (χ1v) is 12.0. The third-order valence-corrected chi connectivity index (χ3v) is 5.36. The third kappa shape index (κ3) is 4.96. The zero-order valence-electron chi connectivity index (χ0n) is 18.7. The second kappa shape index (κ2) is 8.13. The van der Waals surface area contributed by atoms with E-state index >= 15 is 0 Å². The molecule has 9 nitrogen and oxygen atoms in total. The van der Waals surface area contributed by atoms with Gasteiger partial charge in [-0.2, -0.15) is 8.42 Å². The Labute approximate surface area is 191 Å². The number of fused-ring (bicyclic) bond motifs is 3. The fourth-order valence-corrected chi connectivity index (χ4v) is 3.78. The van der Waals surface area contributed by atoms with Crippen LogP contribution in [0.3, 0.4) is 0 Å². The van der Waals surface area contributed by atoms with Crippen molar-refractivity contribution in [2.75, 3.05) is 12.0 Å². The number of pyridine rings is 2. The lowest BCUT2D eigenvalue weighted by Gasteiger charge is -2.20. The van der Waals surface area contributed by atoms with E-state index in [4.69, 9.17) is 14.7 Å². The maximum atomic E-state index is 12.9. The SMILES string of the molecule is CC(C)(C)OC(=O)n1c2cnc(N)cc2c2cc(-c3ccc(COS(C)(=O)=O)cc3)cnc21. The lowest BCUT2D eigenvalue weighted by molar-refractivity contribution is 0.0550. The quantitative estimate of drug-likeness (QED) is 0.444. The van der Waals surface area contributed by atoms with Crippen LogP contribution >= 0.6 is 0 Å². The molecule has 4 aromatic rings. The summed E-state index contributed by atoms with van der Waals surface area (Å²) in [5.41, 5.74) is 8.63. The topological polar surface area (TPSA) is 126 Å². The van der Waals surface area contributed by atoms with Gasteiger partial charge in [0, 0.05) is 22.5 Å². The van der Waals surface area contributed by atoms with Crippen molar-refractivity contribution in [2.24, 2.45) is 0 Å². The molecular weight excluding hydrogens is 444 g/mol. The van der Waals surface area contributed by atoms with E-state index < -0.39 is 21.8 Å². The summed E-state index contributed by atoms with van der Waals surface area (Å²) in [5, 5.41) is 1.46. The Morgan fingerprint density at radius 3 is 2.36 bits per heavy atom. The number of rotatable bonds is 4. The molecule has 172 valence electrons. The van der Waals surface area contributed by atoms with Crippen molar-refractivity contribution in [1.29, 1.82) is 0 Å². The number of carbonyl (C=O) groups excluding carboxylic acids is 1. The Hall–Kier alpha value is -3.50. The summed E-state index contributed by atoms with van der Waals surface area (Å²) in [7, 11) is -3.52. The van der Waals surface area contributed by atoms with Crippen molar-refractivity contribution in [3.05, 3.63) is 54.4 Å². The van der Waals surface area contributed by atoms with Gasteiger partial charge in [-0.15, -0.1) is 0 Å². The molecule has 4 rings (SSSR count). The van der Waals surface area contributed by atoms with Crippen LogP contribution in [-0.2, 0) is 25.6 Å². The molecule has 0 saturated heterocycles. The lowest BCUT2D eigenvalue weighted by atomic mass is 10.0. The molecule has 3 aromatic heterocycles. The molecular formula is C23H24N4O5S. The fourth-order valence-electron chi connectivity index (χ4n) is 3.43. The first-order valence-electron chi connectivity index (χ1n) is 10.1. The smallest absolute Gasteiger partial charge is 0.420 e. The molecule has 2 N–H and O–H groups in total. The standard InChI is InChI=1S/C23H24N4O5S/c1-23(2,3)32-22(28)27-19-12-25-20(24)10-17(19)18-9-16(11-26-21(18)27)15-7-5-14(6-8-15)13-31-33(4,29)30/h5-12H,13H2,1-4H3,(H2,24,25). The number of hydrogen-bond acceptors (Lipinski definition) is 8. The zero-order chi connectivity index (χ0) is 24.0. The average Bonchev–Trinajstić information content (AvgIpc) is 3.04. The van der Waals surface area contributed by atoms with Gasteiger partial charge in [-0.1, -0.05) is 24.3 Å². The van der Waals surface area contributed by atoms with Gasteiger partial charge in [0.05, 0.1) is 24.6 Å². The number of carbonyl (C=O) groups is 1. The Morgan fingerprint density at radius 2 is 1.73 bits per heavy atom. The maximum absolute atomic E-state index is 12.9. The van der Waals surface area contributed by atoms with Crippen molar-refractivity contribution in [3.8, 4) is 11.1 Å². The number of aromatic nitrogens is 3. The molecule has 0 saturated carbocycles. The predicted octanol–water partition coefficient (Wildman–Crippen LogP) is 4.09. The first kappa shape index (κ1) is 22.7. The van der Waals surface area contributed by atoms with E-state index in [0.717, 1.165) is 33.7 Å². The van der Waals surface area contributed by atoms with E-state index in [0.29, 0.717) is 17.0 Å². The Bertz CT molecular complexity index is 1470. The summed E-state index contributed by atoms with van der Waals surface area (Å²) >= 11 is 0. The Kier molecular flexibility index (Phi) is 5.59. The fraction of sp³-hybridized carbons (Fsp3) is 0.261. The van der Waals surface area contributed by atoms with Crippen LogP contribution in [0.1, 0.15) is 26.3 Å². The van der Waals surface area contributed by atoms with Crippen LogP contribution in [0.5, 0.6) is 0 Å². The summed E-state index contributed by atoms with van der Waals surface area (Å²) in [4.78, 5) is 21.6. The van der Waals surface area contributed by atoms with E-state index in [1.807, 2.05) is 18.2 Å². The van der Waals surface area contributed by atoms with Gasteiger partial charge in [0.25, 0.3) is 10.1 Å². The molecule has 10 heteroatoms. The van der Waals surface area contributed by atoms with Crippen molar-refractivity contribution < 1.29 is 22.1 Å². The minimum absolute atomic E-state index is 0.0357. The van der Waals surface area contributed by atoms with Gasteiger partial charge < -0.3 is 10.5 Å². The highest BCUT2D eigenvalue weighted by Crippen LogP contribution is 2.32. The minimum atomic E-state index is -3.52. The Morgan fingerprint density at radius 1 is 1.03 bits per heavy atom. The van der Waals surface area contributed by atoms with Gasteiger partial charge in [0.2, 0.25) is 0 Å². The number of nitrogen functional groups attached to an aromatic ring is 1. The average molecular weight is 469 g/mol. The summed E-state index contributed by atoms with van der Waals surface area (Å²) in [6, 6.07) is 10.9. The van der Waals surface area contributed by atoms with Gasteiger partial charge in [0.1, 0.15) is 11.4 Å². The van der Waals surface area contributed by atoms with Gasteiger partial charge in [-0.25, -0.2) is 19.3 Å². The van der Waals surface area contributed by atoms with Gasteiger partial charge in [-0.05, 0) is 44.0 Å². The summed E-state index contributed by atoms with van der Waals surface area (Å²) in [6.45, 7) is 5.35. The number of nitrogens with zero attached hydrogens (tertiary/aromatic N) is 3. The molecule has 33 heavy (non-hydrogen) atoms. The monoisotopic (exact) mass is 468 g/mol. The van der Waals surface area contributed by atoms with Gasteiger partial charge in [0.15, 0.2) is 5.65 Å². The molecule has 0 radical (unpaired) electrons. The molecule has 0 fully saturated rings. The van der Waals surface area contributed by atoms with Crippen molar-refractivity contribution in [2.45, 2.75) is 33.0 Å². The van der Waals surface area contributed by atoms with Crippen molar-refractivity contribution in [1.82, 2.24) is 14.5 Å². The molecule has 0 amide bonds. The number of benzene rings is 1. The lowest BCUT2D eigenvalue weighted by Crippen LogP contribution is -2.27. The molecule has 0 aliphatic heterocycles. The Balaban J connectivity index is 1.78. The van der Waals surface area contributed by atoms with E-state index in [1.54, 1.807) is 45.2 Å².